The lowest BCUT2D eigenvalue weighted by molar-refractivity contribution is -0.135. The molecular weight excluding hydrogens is 350 g/mol. The summed E-state index contributed by atoms with van der Waals surface area (Å²) >= 11 is 0. The predicted octanol–water partition coefficient (Wildman–Crippen LogP) is 2.15. The normalized spacial score (nSPS) is 20.9. The molecule has 26 heavy (non-hydrogen) atoms. The molecule has 0 saturated carbocycles. The van der Waals surface area contributed by atoms with Crippen LogP contribution < -0.4 is 10.6 Å². The second-order valence-corrected chi connectivity index (χ2v) is 7.19. The summed E-state index contributed by atoms with van der Waals surface area (Å²) in [4.78, 5) is 26.7. The minimum absolute atomic E-state index is 0. The summed E-state index contributed by atoms with van der Waals surface area (Å²) in [5, 5.41) is 6.50. The Morgan fingerprint density at radius 3 is 2.50 bits per heavy atom. The molecule has 144 valence electrons. The summed E-state index contributed by atoms with van der Waals surface area (Å²) in [6.45, 7) is 3.33. The molecule has 1 atom stereocenters. The van der Waals surface area contributed by atoms with Crippen molar-refractivity contribution < 1.29 is 9.59 Å². The highest BCUT2D eigenvalue weighted by atomic mass is 35.5. The van der Waals surface area contributed by atoms with E-state index in [2.05, 4.69) is 22.8 Å². The first kappa shape index (κ1) is 20.7. The average Bonchev–Trinajstić information content (AvgIpc) is 2.68. The highest BCUT2D eigenvalue weighted by Crippen LogP contribution is 2.19. The Labute approximate surface area is 162 Å². The van der Waals surface area contributed by atoms with E-state index in [-0.39, 0.29) is 36.2 Å². The third-order valence-corrected chi connectivity index (χ3v) is 5.33. The minimum atomic E-state index is 0. The number of aryl methyl sites for hydroxylation is 1. The Kier molecular flexibility index (Phi) is 8.39. The quantitative estimate of drug-likeness (QED) is 0.824. The summed E-state index contributed by atoms with van der Waals surface area (Å²) < 4.78 is 0. The zero-order valence-corrected chi connectivity index (χ0v) is 16.1. The van der Waals surface area contributed by atoms with Crippen molar-refractivity contribution >= 4 is 24.2 Å². The summed E-state index contributed by atoms with van der Waals surface area (Å²) in [5.74, 6) is 0.435. The first-order valence-corrected chi connectivity index (χ1v) is 9.55. The molecule has 2 saturated heterocycles. The van der Waals surface area contributed by atoms with Crippen molar-refractivity contribution in [2.24, 2.45) is 5.92 Å². The smallest absolute Gasteiger partial charge is 0.223 e. The lowest BCUT2D eigenvalue weighted by Crippen LogP contribution is -2.49. The van der Waals surface area contributed by atoms with Crippen LogP contribution >= 0.6 is 12.4 Å². The highest BCUT2D eigenvalue weighted by Gasteiger charge is 2.28. The fourth-order valence-corrected chi connectivity index (χ4v) is 3.74. The summed E-state index contributed by atoms with van der Waals surface area (Å²) in [6.07, 6.45) is 5.09. The van der Waals surface area contributed by atoms with E-state index in [4.69, 9.17) is 0 Å². The van der Waals surface area contributed by atoms with Crippen molar-refractivity contribution in [3.63, 3.8) is 0 Å². The van der Waals surface area contributed by atoms with Crippen LogP contribution in [0.4, 0.5) is 0 Å². The monoisotopic (exact) mass is 379 g/mol. The van der Waals surface area contributed by atoms with E-state index in [1.54, 1.807) is 0 Å². The number of rotatable bonds is 5. The van der Waals surface area contributed by atoms with Gasteiger partial charge in [-0.25, -0.2) is 0 Å². The van der Waals surface area contributed by atoms with Gasteiger partial charge >= 0.3 is 0 Å². The van der Waals surface area contributed by atoms with Crippen molar-refractivity contribution in [2.75, 3.05) is 26.2 Å². The van der Waals surface area contributed by atoms with Crippen LogP contribution in [0, 0.1) is 5.92 Å². The zero-order chi connectivity index (χ0) is 17.5. The van der Waals surface area contributed by atoms with E-state index in [0.29, 0.717) is 19.5 Å². The van der Waals surface area contributed by atoms with Gasteiger partial charge in [0.25, 0.3) is 0 Å². The van der Waals surface area contributed by atoms with Crippen LogP contribution in [0.2, 0.25) is 0 Å². The van der Waals surface area contributed by atoms with Crippen molar-refractivity contribution in [2.45, 2.75) is 44.6 Å². The molecule has 2 fully saturated rings. The Morgan fingerprint density at radius 1 is 1.12 bits per heavy atom. The number of hydrogen-bond acceptors (Lipinski definition) is 3. The van der Waals surface area contributed by atoms with Crippen molar-refractivity contribution in [1.82, 2.24) is 15.5 Å². The van der Waals surface area contributed by atoms with Crippen LogP contribution in [0.5, 0.6) is 0 Å². The van der Waals surface area contributed by atoms with Gasteiger partial charge in [0.1, 0.15) is 0 Å². The molecule has 5 nitrogen and oxygen atoms in total. The lowest BCUT2D eigenvalue weighted by Gasteiger charge is -2.33. The highest BCUT2D eigenvalue weighted by molar-refractivity contribution is 5.85. The molecule has 0 bridgehead atoms. The fraction of sp³-hybridized carbons (Fsp3) is 0.600. The molecular formula is C20H30ClN3O2. The molecule has 3 rings (SSSR count). The van der Waals surface area contributed by atoms with Crippen LogP contribution in [0.1, 0.15) is 37.7 Å². The standard InChI is InChI=1S/C20H29N3O2.ClH/c24-19(9-8-16-5-2-1-3-6-16)23-13-10-17(11-14-23)20(25)22-18-7-4-12-21-15-18;/h1-3,5-6,17-18,21H,4,7-15H2,(H,22,25);1H. The molecule has 0 aliphatic carbocycles. The van der Waals surface area contributed by atoms with Gasteiger partial charge in [-0.3, -0.25) is 9.59 Å². The van der Waals surface area contributed by atoms with E-state index < -0.39 is 0 Å². The molecule has 2 N–H and O–H groups in total. The number of hydrogen-bond donors (Lipinski definition) is 2. The van der Waals surface area contributed by atoms with Gasteiger partial charge < -0.3 is 15.5 Å². The van der Waals surface area contributed by atoms with Gasteiger partial charge in [-0.1, -0.05) is 30.3 Å². The van der Waals surface area contributed by atoms with Gasteiger partial charge in [0.05, 0.1) is 0 Å². The topological polar surface area (TPSA) is 61.4 Å². The zero-order valence-electron chi connectivity index (χ0n) is 15.3. The summed E-state index contributed by atoms with van der Waals surface area (Å²) in [6, 6.07) is 10.4. The first-order valence-electron chi connectivity index (χ1n) is 9.55. The van der Waals surface area contributed by atoms with E-state index >= 15 is 0 Å². The summed E-state index contributed by atoms with van der Waals surface area (Å²) in [7, 11) is 0. The summed E-state index contributed by atoms with van der Waals surface area (Å²) in [5.41, 5.74) is 1.20. The average molecular weight is 380 g/mol. The molecule has 1 aromatic rings. The predicted molar refractivity (Wildman–Crippen MR) is 105 cm³/mol. The van der Waals surface area contributed by atoms with Crippen LogP contribution in [0.25, 0.3) is 0 Å². The largest absolute Gasteiger partial charge is 0.352 e. The number of carbonyl (C=O) groups excluding carboxylic acids is 2. The minimum Gasteiger partial charge on any atom is -0.352 e. The molecule has 2 heterocycles. The number of benzene rings is 1. The Morgan fingerprint density at radius 2 is 1.85 bits per heavy atom. The number of nitrogens with zero attached hydrogens (tertiary/aromatic N) is 1. The molecule has 0 aromatic heterocycles. The van der Waals surface area contributed by atoms with Crippen LogP contribution in [-0.4, -0.2) is 48.9 Å². The number of likely N-dealkylation sites (tertiary alicyclic amines) is 1. The van der Waals surface area contributed by atoms with Crippen molar-refractivity contribution in [3.8, 4) is 0 Å². The maximum atomic E-state index is 12.4. The van der Waals surface area contributed by atoms with E-state index in [0.717, 1.165) is 45.2 Å². The van der Waals surface area contributed by atoms with Crippen LogP contribution in [0.3, 0.4) is 0 Å². The van der Waals surface area contributed by atoms with Gasteiger partial charge in [0.2, 0.25) is 11.8 Å². The number of nitrogens with one attached hydrogen (secondary N) is 2. The molecule has 2 aliphatic heterocycles. The van der Waals surface area contributed by atoms with Crippen LogP contribution in [0.15, 0.2) is 30.3 Å². The van der Waals surface area contributed by atoms with Crippen molar-refractivity contribution in [1.29, 1.82) is 0 Å². The van der Waals surface area contributed by atoms with E-state index in [1.807, 2.05) is 23.1 Å². The maximum Gasteiger partial charge on any atom is 0.223 e. The van der Waals surface area contributed by atoms with Gasteiger partial charge in [0, 0.05) is 38.0 Å². The second kappa shape index (κ2) is 10.5. The van der Waals surface area contributed by atoms with Crippen LogP contribution in [-0.2, 0) is 16.0 Å². The third kappa shape index (κ3) is 5.99. The van der Waals surface area contributed by atoms with Gasteiger partial charge in [-0.15, -0.1) is 12.4 Å². The number of halogens is 1. The molecule has 2 amide bonds. The molecule has 0 spiro atoms. The molecule has 1 aromatic carbocycles. The Hall–Kier alpha value is -1.59. The van der Waals surface area contributed by atoms with Gasteiger partial charge in [-0.05, 0) is 44.2 Å². The molecule has 6 heteroatoms. The Bertz CT molecular complexity index is 568. The molecule has 0 radical (unpaired) electrons. The molecule has 2 aliphatic rings. The van der Waals surface area contributed by atoms with Crippen molar-refractivity contribution in [3.05, 3.63) is 35.9 Å². The van der Waals surface area contributed by atoms with E-state index in [1.165, 1.54) is 5.56 Å². The second-order valence-electron chi connectivity index (χ2n) is 7.19. The maximum absolute atomic E-state index is 12.4. The Balaban J connectivity index is 0.00000243. The third-order valence-electron chi connectivity index (χ3n) is 5.33. The fourth-order valence-electron chi connectivity index (χ4n) is 3.74. The number of piperidine rings is 2. The van der Waals surface area contributed by atoms with Gasteiger partial charge in [0.15, 0.2) is 0 Å². The molecule has 1 unspecified atom stereocenters. The van der Waals surface area contributed by atoms with E-state index in [9.17, 15) is 9.59 Å². The van der Waals surface area contributed by atoms with Gasteiger partial charge in [-0.2, -0.15) is 0 Å². The lowest BCUT2D eigenvalue weighted by atomic mass is 9.94. The first-order chi connectivity index (χ1) is 12.2. The number of amides is 2. The number of carbonyl (C=O) groups is 2. The SMILES string of the molecule is Cl.O=C(NC1CCCNC1)C1CCN(C(=O)CCc2ccccc2)CC1.